The summed E-state index contributed by atoms with van der Waals surface area (Å²) in [6.45, 7) is 2.01. The first-order valence-electron chi connectivity index (χ1n) is 10.6. The number of nitrogens with zero attached hydrogens (tertiary/aromatic N) is 1. The van der Waals surface area contributed by atoms with Gasteiger partial charge < -0.3 is 19.5 Å². The summed E-state index contributed by atoms with van der Waals surface area (Å²) in [5, 5.41) is 2.77. The molecule has 0 saturated carbocycles. The van der Waals surface area contributed by atoms with Crippen LogP contribution in [0, 0.1) is 11.7 Å². The Hall–Kier alpha value is -3.62. The van der Waals surface area contributed by atoms with Gasteiger partial charge in [-0.25, -0.2) is 9.18 Å². The third-order valence-electron chi connectivity index (χ3n) is 5.61. The SMILES string of the molecule is CCOC(=O)C1CC(C(=O)NCc2ccc(F)cc2)N(C(=O)OC)C1c1ccc(OC)cc1. The smallest absolute Gasteiger partial charge is 0.410 e. The number of rotatable bonds is 7. The van der Waals surface area contributed by atoms with E-state index in [1.54, 1.807) is 43.3 Å². The largest absolute Gasteiger partial charge is 0.497 e. The summed E-state index contributed by atoms with van der Waals surface area (Å²) < 4.78 is 28.5. The van der Waals surface area contributed by atoms with Crippen molar-refractivity contribution in [1.29, 1.82) is 0 Å². The number of nitrogens with one attached hydrogen (secondary N) is 1. The minimum Gasteiger partial charge on any atom is -0.497 e. The molecule has 3 rings (SSSR count). The molecule has 2 amide bonds. The predicted octanol–water partition coefficient (Wildman–Crippen LogP) is 3.21. The summed E-state index contributed by atoms with van der Waals surface area (Å²) >= 11 is 0. The van der Waals surface area contributed by atoms with Gasteiger partial charge in [-0.15, -0.1) is 0 Å². The van der Waals surface area contributed by atoms with Crippen LogP contribution >= 0.6 is 0 Å². The highest BCUT2D eigenvalue weighted by Gasteiger charge is 2.51. The van der Waals surface area contributed by atoms with Crippen molar-refractivity contribution in [2.24, 2.45) is 5.92 Å². The van der Waals surface area contributed by atoms with Crippen LogP contribution in [0.15, 0.2) is 48.5 Å². The molecule has 2 aromatic carbocycles. The first kappa shape index (κ1) is 24.0. The van der Waals surface area contributed by atoms with Crippen molar-refractivity contribution in [1.82, 2.24) is 10.2 Å². The van der Waals surface area contributed by atoms with E-state index in [-0.39, 0.29) is 25.4 Å². The van der Waals surface area contributed by atoms with Gasteiger partial charge in [-0.2, -0.15) is 0 Å². The van der Waals surface area contributed by atoms with E-state index in [0.29, 0.717) is 16.9 Å². The maximum atomic E-state index is 13.1. The standard InChI is InChI=1S/C24H27FN2O6/c1-4-33-23(29)19-13-20(22(28)26-14-15-5-9-17(25)10-6-15)27(24(30)32-3)21(19)16-7-11-18(31-2)12-8-16/h5-12,19-21H,4,13-14H2,1-3H3,(H,26,28). The van der Waals surface area contributed by atoms with E-state index in [0.717, 1.165) is 0 Å². The topological polar surface area (TPSA) is 94.2 Å². The van der Waals surface area contributed by atoms with Crippen LogP contribution < -0.4 is 10.1 Å². The summed E-state index contributed by atoms with van der Waals surface area (Å²) in [7, 11) is 2.76. The van der Waals surface area contributed by atoms with Crippen LogP contribution in [-0.2, 0) is 25.6 Å². The van der Waals surface area contributed by atoms with Crippen LogP contribution in [0.1, 0.15) is 30.5 Å². The van der Waals surface area contributed by atoms with Gasteiger partial charge in [-0.05, 0) is 48.7 Å². The van der Waals surface area contributed by atoms with E-state index < -0.39 is 36.0 Å². The van der Waals surface area contributed by atoms with E-state index in [9.17, 15) is 18.8 Å². The van der Waals surface area contributed by atoms with Crippen LogP contribution in [0.5, 0.6) is 5.75 Å². The van der Waals surface area contributed by atoms with E-state index in [1.165, 1.54) is 31.3 Å². The van der Waals surface area contributed by atoms with Gasteiger partial charge in [-0.1, -0.05) is 24.3 Å². The fraction of sp³-hybridized carbons (Fsp3) is 0.375. The molecule has 1 aliphatic heterocycles. The number of likely N-dealkylation sites (tertiary alicyclic amines) is 1. The first-order valence-corrected chi connectivity index (χ1v) is 10.6. The lowest BCUT2D eigenvalue weighted by Crippen LogP contribution is -2.46. The third kappa shape index (κ3) is 5.42. The zero-order valence-electron chi connectivity index (χ0n) is 18.7. The molecule has 176 valence electrons. The number of carbonyl (C=O) groups excluding carboxylic acids is 3. The average molecular weight is 458 g/mol. The van der Waals surface area contributed by atoms with Gasteiger partial charge in [0.25, 0.3) is 0 Å². The third-order valence-corrected chi connectivity index (χ3v) is 5.61. The van der Waals surface area contributed by atoms with Crippen molar-refractivity contribution < 1.29 is 33.0 Å². The summed E-state index contributed by atoms with van der Waals surface area (Å²) in [5.41, 5.74) is 1.34. The van der Waals surface area contributed by atoms with E-state index in [1.807, 2.05) is 0 Å². The van der Waals surface area contributed by atoms with Gasteiger partial charge in [0.15, 0.2) is 0 Å². The second-order valence-electron chi connectivity index (χ2n) is 7.55. The maximum Gasteiger partial charge on any atom is 0.410 e. The zero-order chi connectivity index (χ0) is 24.0. The van der Waals surface area contributed by atoms with Crippen LogP contribution in [0.2, 0.25) is 0 Å². The van der Waals surface area contributed by atoms with Crippen molar-refractivity contribution in [2.45, 2.75) is 32.0 Å². The molecule has 8 nitrogen and oxygen atoms in total. The number of methoxy groups -OCH3 is 2. The second-order valence-corrected chi connectivity index (χ2v) is 7.55. The molecule has 1 heterocycles. The van der Waals surface area contributed by atoms with Gasteiger partial charge in [0.2, 0.25) is 5.91 Å². The Morgan fingerprint density at radius 3 is 2.30 bits per heavy atom. The number of hydrogen-bond acceptors (Lipinski definition) is 6. The van der Waals surface area contributed by atoms with Gasteiger partial charge >= 0.3 is 12.1 Å². The van der Waals surface area contributed by atoms with E-state index in [4.69, 9.17) is 14.2 Å². The molecule has 0 radical (unpaired) electrons. The summed E-state index contributed by atoms with van der Waals surface area (Å²) in [6, 6.07) is 10.9. The predicted molar refractivity (Wildman–Crippen MR) is 117 cm³/mol. The van der Waals surface area contributed by atoms with Crippen molar-refractivity contribution in [3.8, 4) is 5.75 Å². The van der Waals surface area contributed by atoms with Crippen molar-refractivity contribution in [2.75, 3.05) is 20.8 Å². The Balaban J connectivity index is 1.90. The molecule has 2 aromatic rings. The molecule has 0 aliphatic carbocycles. The fourth-order valence-electron chi connectivity index (χ4n) is 4.03. The van der Waals surface area contributed by atoms with E-state index in [2.05, 4.69) is 5.32 Å². The minimum absolute atomic E-state index is 0.0693. The molecule has 1 saturated heterocycles. The summed E-state index contributed by atoms with van der Waals surface area (Å²) in [5.74, 6) is -1.48. The second kappa shape index (κ2) is 10.8. The molecule has 33 heavy (non-hydrogen) atoms. The van der Waals surface area contributed by atoms with Crippen LogP contribution in [0.25, 0.3) is 0 Å². The Labute approximate surface area is 191 Å². The van der Waals surface area contributed by atoms with Crippen LogP contribution in [0.3, 0.4) is 0 Å². The molecule has 1 N–H and O–H groups in total. The molecule has 0 aromatic heterocycles. The average Bonchev–Trinajstić information content (AvgIpc) is 3.24. The maximum absolute atomic E-state index is 13.1. The molecule has 3 unspecified atom stereocenters. The summed E-state index contributed by atoms with van der Waals surface area (Å²) in [6.07, 6.45) is -0.663. The number of amides is 2. The normalized spacial score (nSPS) is 19.6. The lowest BCUT2D eigenvalue weighted by molar-refractivity contribution is -0.148. The lowest BCUT2D eigenvalue weighted by Gasteiger charge is -2.30. The Morgan fingerprint density at radius 2 is 1.73 bits per heavy atom. The molecule has 3 atom stereocenters. The number of carbonyl (C=O) groups is 3. The molecular formula is C24H27FN2O6. The van der Waals surface area contributed by atoms with Crippen LogP contribution in [-0.4, -0.2) is 49.7 Å². The first-order chi connectivity index (χ1) is 15.9. The molecule has 1 fully saturated rings. The number of esters is 1. The molecule has 9 heteroatoms. The molecule has 0 bridgehead atoms. The van der Waals surface area contributed by atoms with Crippen molar-refractivity contribution in [3.63, 3.8) is 0 Å². The molecule has 0 spiro atoms. The highest BCUT2D eigenvalue weighted by molar-refractivity contribution is 5.89. The van der Waals surface area contributed by atoms with Gasteiger partial charge in [0.05, 0.1) is 32.8 Å². The lowest BCUT2D eigenvalue weighted by atomic mass is 9.93. The minimum atomic E-state index is -0.959. The Bertz CT molecular complexity index is 979. The number of halogens is 1. The quantitative estimate of drug-likeness (QED) is 0.641. The molecule has 1 aliphatic rings. The molecular weight excluding hydrogens is 431 g/mol. The number of hydrogen-bond donors (Lipinski definition) is 1. The fourth-order valence-corrected chi connectivity index (χ4v) is 4.03. The Kier molecular flexibility index (Phi) is 7.87. The van der Waals surface area contributed by atoms with Crippen molar-refractivity contribution >= 4 is 18.0 Å². The highest BCUT2D eigenvalue weighted by Crippen LogP contribution is 2.42. The van der Waals surface area contributed by atoms with Crippen LogP contribution in [0.4, 0.5) is 9.18 Å². The van der Waals surface area contributed by atoms with Gasteiger partial charge in [-0.3, -0.25) is 14.5 Å². The number of benzene rings is 2. The Morgan fingerprint density at radius 1 is 1.06 bits per heavy atom. The van der Waals surface area contributed by atoms with Crippen molar-refractivity contribution in [3.05, 3.63) is 65.5 Å². The zero-order valence-corrected chi connectivity index (χ0v) is 18.7. The summed E-state index contributed by atoms with van der Waals surface area (Å²) in [4.78, 5) is 40.0. The van der Waals surface area contributed by atoms with Gasteiger partial charge in [0, 0.05) is 6.54 Å². The monoisotopic (exact) mass is 458 g/mol. The highest BCUT2D eigenvalue weighted by atomic mass is 19.1. The number of ether oxygens (including phenoxy) is 3. The van der Waals surface area contributed by atoms with E-state index >= 15 is 0 Å². The van der Waals surface area contributed by atoms with Gasteiger partial charge in [0.1, 0.15) is 17.6 Å².